The van der Waals surface area contributed by atoms with Crippen molar-refractivity contribution in [3.8, 4) is 0 Å². The van der Waals surface area contributed by atoms with Crippen LogP contribution in [0.3, 0.4) is 0 Å². The van der Waals surface area contributed by atoms with Gasteiger partial charge in [0.1, 0.15) is 0 Å². The van der Waals surface area contributed by atoms with Gasteiger partial charge >= 0.3 is 6.18 Å². The number of hydrogen-bond acceptors (Lipinski definition) is 2. The maximum atomic E-state index is 12.0. The molecule has 0 fully saturated rings. The number of rotatable bonds is 6. The van der Waals surface area contributed by atoms with Crippen LogP contribution in [0.5, 0.6) is 0 Å². The molecule has 0 radical (unpaired) electrons. The first-order valence-corrected chi connectivity index (χ1v) is 5.08. The molecule has 5 heteroatoms. The fourth-order valence-corrected chi connectivity index (χ4v) is 1.22. The van der Waals surface area contributed by atoms with Crippen LogP contribution in [0.15, 0.2) is 24.6 Å². The third-order valence-corrected chi connectivity index (χ3v) is 2.07. The summed E-state index contributed by atoms with van der Waals surface area (Å²) in [5, 5.41) is 12.5. The van der Waals surface area contributed by atoms with Crippen LogP contribution in [-0.4, -0.2) is 16.9 Å². The van der Waals surface area contributed by atoms with Gasteiger partial charge in [0.2, 0.25) is 0 Å². The highest BCUT2D eigenvalue weighted by atomic mass is 19.4. The van der Waals surface area contributed by atoms with Crippen molar-refractivity contribution < 1.29 is 18.3 Å². The Morgan fingerprint density at radius 1 is 1.38 bits per heavy atom. The van der Waals surface area contributed by atoms with Crippen LogP contribution < -0.4 is 5.32 Å². The van der Waals surface area contributed by atoms with E-state index in [0.717, 1.165) is 0 Å². The first-order valence-electron chi connectivity index (χ1n) is 5.08. The summed E-state index contributed by atoms with van der Waals surface area (Å²) in [5.74, 6) is 0. The zero-order valence-corrected chi connectivity index (χ0v) is 9.56. The monoisotopic (exact) mass is 237 g/mol. The predicted molar refractivity (Wildman–Crippen MR) is 57.6 cm³/mol. The highest BCUT2D eigenvalue weighted by molar-refractivity contribution is 5.09. The lowest BCUT2D eigenvalue weighted by molar-refractivity contribution is -0.142. The Kier molecular flexibility index (Phi) is 5.58. The summed E-state index contributed by atoms with van der Waals surface area (Å²) in [6.07, 6.45) is -2.17. The molecule has 0 saturated heterocycles. The van der Waals surface area contributed by atoms with E-state index in [9.17, 15) is 18.3 Å². The Hall–Kier alpha value is -0.970. The maximum absolute atomic E-state index is 12.0. The van der Waals surface area contributed by atoms with Crippen molar-refractivity contribution in [3.63, 3.8) is 0 Å². The summed E-state index contributed by atoms with van der Waals surface area (Å²) in [6.45, 7) is 6.65. The summed E-state index contributed by atoms with van der Waals surface area (Å²) in [5.41, 5.74) is -0.807. The first kappa shape index (κ1) is 15.0. The second-order valence-electron chi connectivity index (χ2n) is 3.84. The molecule has 0 aromatic carbocycles. The third-order valence-electron chi connectivity index (χ3n) is 2.07. The second-order valence-corrected chi connectivity index (χ2v) is 3.84. The van der Waals surface area contributed by atoms with Crippen LogP contribution in [-0.2, 0) is 0 Å². The SMILES string of the molecule is C=CN/C(=C/C(C)(O)CCC(F)(F)F)CC. The summed E-state index contributed by atoms with van der Waals surface area (Å²) < 4.78 is 36.0. The minimum atomic E-state index is -4.24. The lowest BCUT2D eigenvalue weighted by Crippen LogP contribution is -2.26. The molecule has 0 rings (SSSR count). The van der Waals surface area contributed by atoms with Gasteiger partial charge in [0.05, 0.1) is 5.60 Å². The van der Waals surface area contributed by atoms with Crippen LogP contribution >= 0.6 is 0 Å². The van der Waals surface area contributed by atoms with Gasteiger partial charge < -0.3 is 10.4 Å². The summed E-state index contributed by atoms with van der Waals surface area (Å²) >= 11 is 0. The highest BCUT2D eigenvalue weighted by Gasteiger charge is 2.31. The molecule has 0 bridgehead atoms. The molecular formula is C11H18F3NO. The Bertz CT molecular complexity index is 256. The Balaban J connectivity index is 4.46. The Morgan fingerprint density at radius 2 is 1.94 bits per heavy atom. The molecular weight excluding hydrogens is 219 g/mol. The number of hydrogen-bond donors (Lipinski definition) is 2. The van der Waals surface area contributed by atoms with E-state index < -0.39 is 18.2 Å². The minimum Gasteiger partial charge on any atom is -0.386 e. The fourth-order valence-electron chi connectivity index (χ4n) is 1.22. The highest BCUT2D eigenvalue weighted by Crippen LogP contribution is 2.27. The molecule has 0 aromatic heterocycles. The van der Waals surface area contributed by atoms with Gasteiger partial charge in [0.25, 0.3) is 0 Å². The van der Waals surface area contributed by atoms with Gasteiger partial charge in [0, 0.05) is 12.1 Å². The quantitative estimate of drug-likeness (QED) is 0.744. The van der Waals surface area contributed by atoms with Gasteiger partial charge in [-0.2, -0.15) is 13.2 Å². The Morgan fingerprint density at radius 3 is 2.31 bits per heavy atom. The van der Waals surface area contributed by atoms with Gasteiger partial charge in [-0.25, -0.2) is 0 Å². The minimum absolute atomic E-state index is 0.348. The third kappa shape index (κ3) is 7.34. The number of nitrogens with one attached hydrogen (secondary N) is 1. The summed E-state index contributed by atoms with van der Waals surface area (Å²) in [4.78, 5) is 0. The molecule has 0 heterocycles. The maximum Gasteiger partial charge on any atom is 0.389 e. The number of halogens is 3. The lowest BCUT2D eigenvalue weighted by Gasteiger charge is -2.21. The number of alkyl halides is 3. The normalized spacial score (nSPS) is 16.8. The van der Waals surface area contributed by atoms with E-state index in [0.29, 0.717) is 12.1 Å². The van der Waals surface area contributed by atoms with Crippen LogP contribution in [0.4, 0.5) is 13.2 Å². The molecule has 1 unspecified atom stereocenters. The average Bonchev–Trinajstić information content (AvgIpc) is 2.13. The molecule has 2 nitrogen and oxygen atoms in total. The number of allylic oxidation sites excluding steroid dienone is 1. The molecule has 0 spiro atoms. The van der Waals surface area contributed by atoms with Crippen molar-refractivity contribution in [1.82, 2.24) is 5.32 Å². The van der Waals surface area contributed by atoms with Gasteiger partial charge in [-0.05, 0) is 32.0 Å². The van der Waals surface area contributed by atoms with Crippen molar-refractivity contribution >= 4 is 0 Å². The van der Waals surface area contributed by atoms with Crippen molar-refractivity contribution in [2.75, 3.05) is 0 Å². The molecule has 0 aliphatic carbocycles. The average molecular weight is 237 g/mol. The number of aliphatic hydroxyl groups is 1. The molecule has 0 aromatic rings. The van der Waals surface area contributed by atoms with Crippen LogP contribution in [0.25, 0.3) is 0 Å². The standard InChI is InChI=1S/C11H18F3NO/c1-4-9(15-5-2)8-10(3,16)6-7-11(12,13)14/h5,8,15-16H,2,4,6-7H2,1,3H3/b9-8+. The van der Waals surface area contributed by atoms with Crippen molar-refractivity contribution in [2.45, 2.75) is 44.9 Å². The van der Waals surface area contributed by atoms with Crippen LogP contribution in [0.2, 0.25) is 0 Å². The smallest absolute Gasteiger partial charge is 0.386 e. The van der Waals surface area contributed by atoms with E-state index in [2.05, 4.69) is 11.9 Å². The van der Waals surface area contributed by atoms with E-state index in [-0.39, 0.29) is 6.42 Å². The second kappa shape index (κ2) is 5.94. The zero-order chi connectivity index (χ0) is 12.8. The van der Waals surface area contributed by atoms with Crippen LogP contribution in [0.1, 0.15) is 33.1 Å². The topological polar surface area (TPSA) is 32.3 Å². The molecule has 0 aliphatic rings. The van der Waals surface area contributed by atoms with Crippen molar-refractivity contribution in [3.05, 3.63) is 24.6 Å². The molecule has 2 N–H and O–H groups in total. The largest absolute Gasteiger partial charge is 0.389 e. The van der Waals surface area contributed by atoms with Gasteiger partial charge in [-0.3, -0.25) is 0 Å². The van der Waals surface area contributed by atoms with Crippen LogP contribution in [0, 0.1) is 0 Å². The van der Waals surface area contributed by atoms with Gasteiger partial charge in [-0.15, -0.1) is 0 Å². The van der Waals surface area contributed by atoms with E-state index in [1.54, 1.807) is 0 Å². The van der Waals surface area contributed by atoms with E-state index >= 15 is 0 Å². The molecule has 0 aliphatic heterocycles. The molecule has 0 saturated carbocycles. The van der Waals surface area contributed by atoms with Crippen molar-refractivity contribution in [2.24, 2.45) is 0 Å². The molecule has 0 amide bonds. The fraction of sp³-hybridized carbons (Fsp3) is 0.636. The van der Waals surface area contributed by atoms with E-state index in [1.165, 1.54) is 19.2 Å². The van der Waals surface area contributed by atoms with E-state index in [1.807, 2.05) is 6.92 Å². The zero-order valence-electron chi connectivity index (χ0n) is 9.56. The Labute approximate surface area is 93.9 Å². The summed E-state index contributed by atoms with van der Waals surface area (Å²) in [7, 11) is 0. The summed E-state index contributed by atoms with van der Waals surface area (Å²) in [6, 6.07) is 0. The molecule has 1 atom stereocenters. The molecule has 94 valence electrons. The van der Waals surface area contributed by atoms with Gasteiger partial charge in [0.15, 0.2) is 0 Å². The van der Waals surface area contributed by atoms with Gasteiger partial charge in [-0.1, -0.05) is 13.5 Å². The van der Waals surface area contributed by atoms with Crippen molar-refractivity contribution in [1.29, 1.82) is 0 Å². The van der Waals surface area contributed by atoms with E-state index in [4.69, 9.17) is 0 Å². The molecule has 16 heavy (non-hydrogen) atoms. The predicted octanol–water partition coefficient (Wildman–Crippen LogP) is 3.11. The first-order chi connectivity index (χ1) is 7.20. The lowest BCUT2D eigenvalue weighted by atomic mass is 9.98.